The lowest BCUT2D eigenvalue weighted by atomic mass is 9.69. The zero-order valence-electron chi connectivity index (χ0n) is 27.6. The van der Waals surface area contributed by atoms with Gasteiger partial charge >= 0.3 is 0 Å². The highest BCUT2D eigenvalue weighted by Crippen LogP contribution is 2.63. The number of para-hydroxylation sites is 2. The van der Waals surface area contributed by atoms with E-state index in [0.717, 1.165) is 12.8 Å². The Bertz CT molecular complexity index is 2030. The van der Waals surface area contributed by atoms with Crippen LogP contribution in [-0.2, 0) is 23.7 Å². The van der Waals surface area contributed by atoms with E-state index in [-0.39, 0.29) is 5.41 Å². The van der Waals surface area contributed by atoms with E-state index in [1.54, 1.807) is 0 Å². The van der Waals surface area contributed by atoms with Gasteiger partial charge in [-0.3, -0.25) is 0 Å². The smallest absolute Gasteiger partial charge is 0.0726 e. The molecule has 226 valence electrons. The van der Waals surface area contributed by atoms with Gasteiger partial charge in [0.05, 0.1) is 5.41 Å². The third kappa shape index (κ3) is 4.01. The van der Waals surface area contributed by atoms with Gasteiger partial charge in [0.25, 0.3) is 0 Å². The first-order chi connectivity index (χ1) is 22.4. The van der Waals surface area contributed by atoms with E-state index in [1.165, 1.54) is 78.3 Å². The Hall–Kier alpha value is -4.88. The quantitative estimate of drug-likeness (QED) is 0.191. The molecule has 0 heterocycles. The molecule has 2 aliphatic carbocycles. The Labute approximate surface area is 274 Å². The largest absolute Gasteiger partial charge is 0.310 e. The van der Waals surface area contributed by atoms with E-state index < -0.39 is 5.41 Å². The monoisotopic (exact) mass is 595 g/mol. The molecule has 1 spiro atoms. The number of fused-ring (bicyclic) bond motifs is 10. The van der Waals surface area contributed by atoms with Crippen molar-refractivity contribution in [2.75, 3.05) is 4.90 Å². The van der Waals surface area contributed by atoms with Crippen molar-refractivity contribution < 1.29 is 0 Å². The van der Waals surface area contributed by atoms with Crippen LogP contribution in [0.4, 0.5) is 17.1 Å². The fraction of sp³-hybridized carbons (Fsp3) is 0.200. The Morgan fingerprint density at radius 2 is 0.935 bits per heavy atom. The molecular formula is C45H41N. The Morgan fingerprint density at radius 1 is 0.478 bits per heavy atom. The van der Waals surface area contributed by atoms with E-state index in [4.69, 9.17) is 0 Å². The van der Waals surface area contributed by atoms with E-state index >= 15 is 0 Å². The first-order valence-electron chi connectivity index (χ1n) is 16.8. The predicted octanol–water partition coefficient (Wildman–Crippen LogP) is 11.9. The van der Waals surface area contributed by atoms with Crippen molar-refractivity contribution in [2.45, 2.75) is 58.3 Å². The lowest BCUT2D eigenvalue weighted by Crippen LogP contribution is -2.27. The normalized spacial score (nSPS) is 13.7. The standard InChI is InChI=1S/C45H41N/c1-6-30-16-8-14-22-42(30)46(43-23-15-9-17-31(43)7-2)33-25-27-37-36-26-24-32(44(3,4)5)28-40(36)45(41(37)29-33)38-20-12-10-18-34(38)35-19-11-13-21-39(35)45/h8-29H,6-7H2,1-5H3. The van der Waals surface area contributed by atoms with Crippen molar-refractivity contribution in [3.63, 3.8) is 0 Å². The molecule has 0 atom stereocenters. The first kappa shape index (κ1) is 28.6. The van der Waals surface area contributed by atoms with E-state index in [9.17, 15) is 0 Å². The molecule has 8 rings (SSSR count). The van der Waals surface area contributed by atoms with Crippen molar-refractivity contribution >= 4 is 17.1 Å². The zero-order chi connectivity index (χ0) is 31.6. The number of anilines is 3. The van der Waals surface area contributed by atoms with Crippen molar-refractivity contribution in [1.82, 2.24) is 0 Å². The minimum atomic E-state index is -0.394. The number of rotatable bonds is 5. The molecule has 0 aromatic heterocycles. The van der Waals surface area contributed by atoms with Crippen LogP contribution in [0.2, 0.25) is 0 Å². The van der Waals surface area contributed by atoms with Crippen LogP contribution >= 0.6 is 0 Å². The maximum atomic E-state index is 2.52. The number of nitrogens with zero attached hydrogens (tertiary/aromatic N) is 1. The highest BCUT2D eigenvalue weighted by molar-refractivity contribution is 5.96. The van der Waals surface area contributed by atoms with Crippen LogP contribution in [-0.4, -0.2) is 0 Å². The van der Waals surface area contributed by atoms with Crippen LogP contribution in [0.25, 0.3) is 22.3 Å². The maximum Gasteiger partial charge on any atom is 0.0726 e. The molecule has 1 nitrogen and oxygen atoms in total. The van der Waals surface area contributed by atoms with Crippen molar-refractivity contribution in [3.05, 3.63) is 172 Å². The average molecular weight is 596 g/mol. The molecule has 0 radical (unpaired) electrons. The Morgan fingerprint density at radius 3 is 1.48 bits per heavy atom. The zero-order valence-corrected chi connectivity index (χ0v) is 27.6. The van der Waals surface area contributed by atoms with Crippen molar-refractivity contribution in [2.24, 2.45) is 0 Å². The van der Waals surface area contributed by atoms with Crippen LogP contribution < -0.4 is 4.90 Å². The van der Waals surface area contributed by atoms with Crippen LogP contribution in [0.15, 0.2) is 133 Å². The first-order valence-corrected chi connectivity index (χ1v) is 16.8. The Kier molecular flexibility index (Phi) is 6.58. The summed E-state index contributed by atoms with van der Waals surface area (Å²) in [7, 11) is 0. The average Bonchev–Trinajstić information content (AvgIpc) is 3.55. The van der Waals surface area contributed by atoms with E-state index in [2.05, 4.69) is 173 Å². The van der Waals surface area contributed by atoms with E-state index in [1.807, 2.05) is 0 Å². The van der Waals surface area contributed by atoms with Crippen molar-refractivity contribution in [1.29, 1.82) is 0 Å². The third-order valence-electron chi connectivity index (χ3n) is 10.4. The third-order valence-corrected chi connectivity index (χ3v) is 10.4. The van der Waals surface area contributed by atoms with Gasteiger partial charge in [-0.05, 0) is 104 Å². The molecule has 0 aliphatic heterocycles. The van der Waals surface area contributed by atoms with Crippen LogP contribution in [0.3, 0.4) is 0 Å². The van der Waals surface area contributed by atoms with Crippen LogP contribution in [0.1, 0.15) is 73.6 Å². The summed E-state index contributed by atoms with van der Waals surface area (Å²) in [6.45, 7) is 11.5. The van der Waals surface area contributed by atoms with Gasteiger partial charge in [-0.2, -0.15) is 0 Å². The number of benzene rings is 6. The van der Waals surface area contributed by atoms with E-state index in [0.29, 0.717) is 0 Å². The summed E-state index contributed by atoms with van der Waals surface area (Å²) in [5.41, 5.74) is 18.3. The molecule has 0 saturated heterocycles. The van der Waals surface area contributed by atoms with Gasteiger partial charge in [-0.25, -0.2) is 0 Å². The lowest BCUT2D eigenvalue weighted by Gasteiger charge is -2.33. The van der Waals surface area contributed by atoms with Crippen LogP contribution in [0.5, 0.6) is 0 Å². The summed E-state index contributed by atoms with van der Waals surface area (Å²) in [4.78, 5) is 2.52. The van der Waals surface area contributed by atoms with Gasteiger partial charge in [0.15, 0.2) is 0 Å². The molecular weight excluding hydrogens is 555 g/mol. The van der Waals surface area contributed by atoms with Gasteiger partial charge in [-0.1, -0.05) is 144 Å². The van der Waals surface area contributed by atoms with Gasteiger partial charge in [-0.15, -0.1) is 0 Å². The second kappa shape index (κ2) is 10.6. The summed E-state index contributed by atoms with van der Waals surface area (Å²) in [5, 5.41) is 0. The van der Waals surface area contributed by atoms with Crippen molar-refractivity contribution in [3.8, 4) is 22.3 Å². The summed E-state index contributed by atoms with van der Waals surface area (Å²) in [6, 6.07) is 50.6. The molecule has 6 aromatic rings. The highest BCUT2D eigenvalue weighted by atomic mass is 15.1. The minimum Gasteiger partial charge on any atom is -0.310 e. The van der Waals surface area contributed by atoms with Gasteiger partial charge in [0.1, 0.15) is 0 Å². The Balaban J connectivity index is 1.47. The van der Waals surface area contributed by atoms with Gasteiger partial charge in [0, 0.05) is 17.1 Å². The number of aryl methyl sites for hydroxylation is 2. The summed E-state index contributed by atoms with van der Waals surface area (Å²) < 4.78 is 0. The predicted molar refractivity (Wildman–Crippen MR) is 195 cm³/mol. The fourth-order valence-corrected chi connectivity index (χ4v) is 8.20. The number of hydrogen-bond donors (Lipinski definition) is 0. The molecule has 0 saturated carbocycles. The molecule has 46 heavy (non-hydrogen) atoms. The maximum absolute atomic E-state index is 2.52. The van der Waals surface area contributed by atoms with Crippen LogP contribution in [0, 0.1) is 0 Å². The fourth-order valence-electron chi connectivity index (χ4n) is 8.20. The second-order valence-electron chi connectivity index (χ2n) is 13.9. The molecule has 2 aliphatic rings. The lowest BCUT2D eigenvalue weighted by molar-refractivity contribution is 0.588. The molecule has 0 fully saturated rings. The molecule has 1 heteroatoms. The molecule has 0 unspecified atom stereocenters. The van der Waals surface area contributed by atoms with Gasteiger partial charge in [0.2, 0.25) is 0 Å². The molecule has 0 amide bonds. The van der Waals surface area contributed by atoms with Gasteiger partial charge < -0.3 is 4.90 Å². The number of hydrogen-bond acceptors (Lipinski definition) is 1. The molecule has 0 bridgehead atoms. The molecule has 0 N–H and O–H groups in total. The summed E-state index contributed by atoms with van der Waals surface area (Å²) >= 11 is 0. The SMILES string of the molecule is CCc1ccccc1N(c1ccc2c(c1)C1(c3ccccc3-c3ccccc31)c1cc(C(C)(C)C)ccc1-2)c1ccccc1CC. The molecule has 6 aromatic carbocycles. The minimum absolute atomic E-state index is 0.0400. The topological polar surface area (TPSA) is 3.24 Å². The summed E-state index contributed by atoms with van der Waals surface area (Å²) in [6.07, 6.45) is 1.94. The second-order valence-corrected chi connectivity index (χ2v) is 13.9. The highest BCUT2D eigenvalue weighted by Gasteiger charge is 2.52. The summed E-state index contributed by atoms with van der Waals surface area (Å²) in [5.74, 6) is 0.